The van der Waals surface area contributed by atoms with Crippen LogP contribution in [-0.4, -0.2) is 12.2 Å². The van der Waals surface area contributed by atoms with Gasteiger partial charge in [-0.3, -0.25) is 0 Å². The van der Waals surface area contributed by atoms with Crippen molar-refractivity contribution in [2.24, 2.45) is 0 Å². The van der Waals surface area contributed by atoms with Crippen molar-refractivity contribution in [1.82, 2.24) is 0 Å². The van der Waals surface area contributed by atoms with Crippen LogP contribution in [0.1, 0.15) is 110 Å². The van der Waals surface area contributed by atoms with Gasteiger partial charge in [-0.25, -0.2) is 0 Å². The van der Waals surface area contributed by atoms with Crippen LogP contribution in [-0.2, 0) is 4.74 Å². The maximum absolute atomic E-state index is 5.78. The van der Waals surface area contributed by atoms with E-state index in [0.717, 1.165) is 0 Å². The predicted octanol–water partition coefficient (Wildman–Crippen LogP) is 6.65. The Bertz CT molecular complexity index is 202. The highest BCUT2D eigenvalue weighted by Crippen LogP contribution is 2.31. The average Bonchev–Trinajstić information content (AvgIpc) is 3.20. The SMILES string of the molecule is CCCCCCCCCC[C@H]1O[C@H]1CCCCCCC. The first-order chi connectivity index (χ1) is 9.88. The second-order valence-corrected chi connectivity index (χ2v) is 6.68. The molecule has 0 saturated carbocycles. The van der Waals surface area contributed by atoms with Gasteiger partial charge >= 0.3 is 0 Å². The van der Waals surface area contributed by atoms with Gasteiger partial charge in [-0.05, 0) is 12.8 Å². The van der Waals surface area contributed by atoms with Crippen LogP contribution >= 0.6 is 0 Å². The molecule has 1 saturated heterocycles. The van der Waals surface area contributed by atoms with Gasteiger partial charge in [0.15, 0.2) is 0 Å². The molecule has 1 heteroatoms. The molecule has 1 heterocycles. The summed E-state index contributed by atoms with van der Waals surface area (Å²) in [4.78, 5) is 0. The van der Waals surface area contributed by atoms with E-state index in [9.17, 15) is 0 Å². The Balaban J connectivity index is 1.74. The van der Waals surface area contributed by atoms with E-state index in [1.807, 2.05) is 0 Å². The van der Waals surface area contributed by atoms with Crippen molar-refractivity contribution in [3.63, 3.8) is 0 Å². The van der Waals surface area contributed by atoms with Crippen LogP contribution in [0.25, 0.3) is 0 Å². The number of epoxide rings is 1. The zero-order chi connectivity index (χ0) is 14.5. The third kappa shape index (κ3) is 9.80. The molecule has 0 amide bonds. The van der Waals surface area contributed by atoms with E-state index in [0.29, 0.717) is 12.2 Å². The lowest BCUT2D eigenvalue weighted by Gasteiger charge is -2.00. The van der Waals surface area contributed by atoms with E-state index in [2.05, 4.69) is 13.8 Å². The second-order valence-electron chi connectivity index (χ2n) is 6.68. The van der Waals surface area contributed by atoms with Gasteiger partial charge in [0.25, 0.3) is 0 Å². The van der Waals surface area contributed by atoms with E-state index in [1.165, 1.54) is 96.3 Å². The fourth-order valence-corrected chi connectivity index (χ4v) is 3.12. The number of ether oxygens (including phenoxy) is 1. The smallest absolute Gasteiger partial charge is 0.0841 e. The predicted molar refractivity (Wildman–Crippen MR) is 89.3 cm³/mol. The second kappa shape index (κ2) is 12.7. The van der Waals surface area contributed by atoms with Crippen molar-refractivity contribution in [2.45, 2.75) is 122 Å². The van der Waals surface area contributed by atoms with Crippen LogP contribution in [0.5, 0.6) is 0 Å². The Labute approximate surface area is 127 Å². The van der Waals surface area contributed by atoms with Gasteiger partial charge in [-0.2, -0.15) is 0 Å². The number of hydrogen-bond acceptors (Lipinski definition) is 1. The molecule has 2 atom stereocenters. The zero-order valence-electron chi connectivity index (χ0n) is 14.2. The molecular formula is C19H38O. The zero-order valence-corrected chi connectivity index (χ0v) is 14.2. The Morgan fingerprint density at radius 2 is 0.850 bits per heavy atom. The molecule has 1 nitrogen and oxygen atoms in total. The van der Waals surface area contributed by atoms with Crippen LogP contribution < -0.4 is 0 Å². The van der Waals surface area contributed by atoms with Crippen LogP contribution in [0.4, 0.5) is 0 Å². The molecule has 1 aliphatic rings. The third-order valence-corrected chi connectivity index (χ3v) is 4.62. The van der Waals surface area contributed by atoms with Crippen LogP contribution in [0.3, 0.4) is 0 Å². The Morgan fingerprint density at radius 1 is 0.500 bits per heavy atom. The Kier molecular flexibility index (Phi) is 11.4. The lowest BCUT2D eigenvalue weighted by atomic mass is 10.0. The van der Waals surface area contributed by atoms with Crippen molar-refractivity contribution in [2.75, 3.05) is 0 Å². The van der Waals surface area contributed by atoms with Gasteiger partial charge in [0.05, 0.1) is 12.2 Å². The fraction of sp³-hybridized carbons (Fsp3) is 1.00. The summed E-state index contributed by atoms with van der Waals surface area (Å²) in [5.74, 6) is 0. The first kappa shape index (κ1) is 18.0. The maximum atomic E-state index is 5.78. The first-order valence-corrected chi connectivity index (χ1v) is 9.54. The maximum Gasteiger partial charge on any atom is 0.0841 e. The monoisotopic (exact) mass is 282 g/mol. The highest BCUT2D eigenvalue weighted by Gasteiger charge is 2.36. The average molecular weight is 283 g/mol. The Morgan fingerprint density at radius 3 is 1.25 bits per heavy atom. The molecule has 0 unspecified atom stereocenters. The van der Waals surface area contributed by atoms with E-state index in [-0.39, 0.29) is 0 Å². The van der Waals surface area contributed by atoms with Crippen LogP contribution in [0.15, 0.2) is 0 Å². The first-order valence-electron chi connectivity index (χ1n) is 9.54. The Hall–Kier alpha value is -0.0400. The molecule has 0 N–H and O–H groups in total. The number of unbranched alkanes of at least 4 members (excludes halogenated alkanes) is 11. The number of rotatable bonds is 15. The highest BCUT2D eigenvalue weighted by molar-refractivity contribution is 4.84. The minimum absolute atomic E-state index is 0.640. The summed E-state index contributed by atoms with van der Waals surface area (Å²) in [7, 11) is 0. The summed E-state index contributed by atoms with van der Waals surface area (Å²) in [5.41, 5.74) is 0. The third-order valence-electron chi connectivity index (χ3n) is 4.62. The summed E-state index contributed by atoms with van der Waals surface area (Å²) in [6, 6.07) is 0. The number of hydrogen-bond donors (Lipinski definition) is 0. The molecular weight excluding hydrogens is 244 g/mol. The topological polar surface area (TPSA) is 12.5 Å². The minimum atomic E-state index is 0.640. The van der Waals surface area contributed by atoms with Crippen molar-refractivity contribution in [3.05, 3.63) is 0 Å². The van der Waals surface area contributed by atoms with Gasteiger partial charge in [0.2, 0.25) is 0 Å². The molecule has 0 spiro atoms. The van der Waals surface area contributed by atoms with E-state index >= 15 is 0 Å². The van der Waals surface area contributed by atoms with E-state index in [1.54, 1.807) is 0 Å². The molecule has 1 rings (SSSR count). The summed E-state index contributed by atoms with van der Waals surface area (Å²) in [6.07, 6.45) is 22.3. The summed E-state index contributed by atoms with van der Waals surface area (Å²) < 4.78 is 5.78. The molecule has 1 aliphatic heterocycles. The standard InChI is InChI=1S/C19H38O/c1-3-5-7-9-10-11-13-15-17-19-18(20-19)16-14-12-8-6-4-2/h18-19H,3-17H2,1-2H3/t18-,19+/m0/s1. The van der Waals surface area contributed by atoms with Gasteiger partial charge in [0, 0.05) is 0 Å². The molecule has 0 aromatic heterocycles. The lowest BCUT2D eigenvalue weighted by molar-refractivity contribution is 0.347. The van der Waals surface area contributed by atoms with E-state index in [4.69, 9.17) is 4.74 Å². The van der Waals surface area contributed by atoms with E-state index < -0.39 is 0 Å². The largest absolute Gasteiger partial charge is 0.370 e. The molecule has 0 aliphatic carbocycles. The summed E-state index contributed by atoms with van der Waals surface area (Å²) in [5, 5.41) is 0. The van der Waals surface area contributed by atoms with Crippen molar-refractivity contribution in [3.8, 4) is 0 Å². The van der Waals surface area contributed by atoms with Gasteiger partial charge in [-0.15, -0.1) is 0 Å². The molecule has 120 valence electrons. The van der Waals surface area contributed by atoms with Gasteiger partial charge < -0.3 is 4.74 Å². The van der Waals surface area contributed by atoms with Crippen LogP contribution in [0, 0.1) is 0 Å². The quantitative estimate of drug-likeness (QED) is 0.242. The molecule has 1 fully saturated rings. The minimum Gasteiger partial charge on any atom is -0.370 e. The molecule has 0 bridgehead atoms. The fourth-order valence-electron chi connectivity index (χ4n) is 3.12. The molecule has 20 heavy (non-hydrogen) atoms. The van der Waals surface area contributed by atoms with Crippen LogP contribution in [0.2, 0.25) is 0 Å². The van der Waals surface area contributed by atoms with Crippen molar-refractivity contribution < 1.29 is 4.74 Å². The van der Waals surface area contributed by atoms with Crippen molar-refractivity contribution >= 4 is 0 Å². The molecule has 0 aromatic rings. The normalized spacial score (nSPS) is 21.3. The lowest BCUT2D eigenvalue weighted by Crippen LogP contribution is -1.94. The molecule has 0 radical (unpaired) electrons. The summed E-state index contributed by atoms with van der Waals surface area (Å²) in [6.45, 7) is 4.57. The van der Waals surface area contributed by atoms with Crippen molar-refractivity contribution in [1.29, 1.82) is 0 Å². The highest BCUT2D eigenvalue weighted by atomic mass is 16.6. The molecule has 0 aromatic carbocycles. The van der Waals surface area contributed by atoms with Gasteiger partial charge in [-0.1, -0.05) is 97.3 Å². The van der Waals surface area contributed by atoms with Gasteiger partial charge in [0.1, 0.15) is 0 Å². The summed E-state index contributed by atoms with van der Waals surface area (Å²) >= 11 is 0.